The Morgan fingerprint density at radius 2 is 1.59 bits per heavy atom. The average Bonchev–Trinajstić information content (AvgIpc) is 2.82. The Bertz CT molecular complexity index is 890. The molecule has 1 aliphatic rings. The standard InChI is InChI=1S/C27H32O5/c1-2-22-16-11-6-4-3-5-7-12-19-30-26(28)23-17-13-18-24(25(23)27(29)32-22)31-20-21-14-9-8-10-15-21/h2,8-10,13-15,17-18,22H,1,3-7,11-12,16,19-20H2. The van der Waals surface area contributed by atoms with E-state index in [4.69, 9.17) is 14.2 Å². The Morgan fingerprint density at radius 3 is 2.34 bits per heavy atom. The minimum Gasteiger partial charge on any atom is -0.488 e. The number of ether oxygens (including phenoxy) is 3. The molecule has 0 aromatic heterocycles. The summed E-state index contributed by atoms with van der Waals surface area (Å²) in [6.07, 6.45) is 9.28. The van der Waals surface area contributed by atoms with Crippen LogP contribution in [0.2, 0.25) is 0 Å². The number of carbonyl (C=O) groups excluding carboxylic acids is 2. The fourth-order valence-electron chi connectivity index (χ4n) is 3.76. The van der Waals surface area contributed by atoms with Crippen molar-refractivity contribution in [2.24, 2.45) is 0 Å². The lowest BCUT2D eigenvalue weighted by molar-refractivity contribution is 0.0353. The maximum Gasteiger partial charge on any atom is 0.343 e. The van der Waals surface area contributed by atoms with Crippen LogP contribution < -0.4 is 4.74 Å². The number of esters is 2. The molecule has 1 aliphatic heterocycles. The summed E-state index contributed by atoms with van der Waals surface area (Å²) in [7, 11) is 0. The summed E-state index contributed by atoms with van der Waals surface area (Å²) in [5.41, 5.74) is 1.22. The van der Waals surface area contributed by atoms with Gasteiger partial charge in [0, 0.05) is 0 Å². The Morgan fingerprint density at radius 1 is 0.875 bits per heavy atom. The van der Waals surface area contributed by atoms with Gasteiger partial charge in [0.05, 0.1) is 12.2 Å². The minimum atomic E-state index is -0.599. The zero-order valence-electron chi connectivity index (χ0n) is 18.6. The molecule has 0 saturated carbocycles. The van der Waals surface area contributed by atoms with Crippen molar-refractivity contribution in [2.45, 2.75) is 64.1 Å². The number of carbonyl (C=O) groups is 2. The van der Waals surface area contributed by atoms with Gasteiger partial charge in [-0.05, 0) is 37.0 Å². The third kappa shape index (κ3) is 6.98. The van der Waals surface area contributed by atoms with Gasteiger partial charge in [-0.25, -0.2) is 9.59 Å². The molecule has 0 bridgehead atoms. The summed E-state index contributed by atoms with van der Waals surface area (Å²) in [6.45, 7) is 4.42. The van der Waals surface area contributed by atoms with Crippen LogP contribution >= 0.6 is 0 Å². The zero-order chi connectivity index (χ0) is 22.6. The second-order valence-corrected chi connectivity index (χ2v) is 8.03. The first-order chi connectivity index (χ1) is 15.7. The molecule has 0 aliphatic carbocycles. The van der Waals surface area contributed by atoms with Gasteiger partial charge in [-0.1, -0.05) is 81.2 Å². The number of rotatable bonds is 4. The average molecular weight is 437 g/mol. The van der Waals surface area contributed by atoms with Gasteiger partial charge < -0.3 is 14.2 Å². The number of hydrogen-bond acceptors (Lipinski definition) is 5. The van der Waals surface area contributed by atoms with Gasteiger partial charge in [0.1, 0.15) is 24.0 Å². The van der Waals surface area contributed by atoms with E-state index < -0.39 is 18.0 Å². The second kappa shape index (κ2) is 12.7. The summed E-state index contributed by atoms with van der Waals surface area (Å²) in [4.78, 5) is 26.0. The van der Waals surface area contributed by atoms with Gasteiger partial charge >= 0.3 is 11.9 Å². The summed E-state index contributed by atoms with van der Waals surface area (Å²) in [5, 5.41) is 0. The number of benzene rings is 2. The molecule has 5 heteroatoms. The highest BCUT2D eigenvalue weighted by Gasteiger charge is 2.26. The number of hydrogen-bond donors (Lipinski definition) is 0. The zero-order valence-corrected chi connectivity index (χ0v) is 18.6. The van der Waals surface area contributed by atoms with E-state index >= 15 is 0 Å². The van der Waals surface area contributed by atoms with Crippen LogP contribution in [0.1, 0.15) is 77.6 Å². The van der Waals surface area contributed by atoms with Gasteiger partial charge in [0.25, 0.3) is 0 Å². The van der Waals surface area contributed by atoms with E-state index in [-0.39, 0.29) is 17.7 Å². The Balaban J connectivity index is 1.87. The van der Waals surface area contributed by atoms with Gasteiger partial charge in [-0.2, -0.15) is 0 Å². The number of fused-ring (bicyclic) bond motifs is 1. The first kappa shape index (κ1) is 23.6. The number of cyclic esters (lactones) is 2. The molecular formula is C27H32O5. The highest BCUT2D eigenvalue weighted by molar-refractivity contribution is 6.05. The molecular weight excluding hydrogens is 404 g/mol. The van der Waals surface area contributed by atoms with Crippen molar-refractivity contribution in [1.29, 1.82) is 0 Å². The molecule has 1 unspecified atom stereocenters. The van der Waals surface area contributed by atoms with Crippen molar-refractivity contribution in [3.05, 3.63) is 77.9 Å². The van der Waals surface area contributed by atoms with Crippen LogP contribution in [0.25, 0.3) is 0 Å². The van der Waals surface area contributed by atoms with Crippen molar-refractivity contribution in [3.63, 3.8) is 0 Å². The summed E-state index contributed by atoms with van der Waals surface area (Å²) in [5.74, 6) is -0.834. The van der Waals surface area contributed by atoms with Gasteiger partial charge in [0.15, 0.2) is 0 Å². The van der Waals surface area contributed by atoms with E-state index in [2.05, 4.69) is 6.58 Å². The second-order valence-electron chi connectivity index (χ2n) is 8.03. The Labute approximate surface area is 190 Å². The molecule has 0 N–H and O–H groups in total. The molecule has 2 aromatic rings. The summed E-state index contributed by atoms with van der Waals surface area (Å²) in [6, 6.07) is 14.6. The van der Waals surface area contributed by atoms with Crippen LogP contribution in [0.5, 0.6) is 5.75 Å². The van der Waals surface area contributed by atoms with Crippen LogP contribution in [0.3, 0.4) is 0 Å². The summed E-state index contributed by atoms with van der Waals surface area (Å²) < 4.78 is 17.1. The van der Waals surface area contributed by atoms with Gasteiger partial charge in [-0.3, -0.25) is 0 Å². The van der Waals surface area contributed by atoms with Crippen LogP contribution in [0, 0.1) is 0 Å². The molecule has 0 fully saturated rings. The largest absolute Gasteiger partial charge is 0.488 e. The predicted octanol–water partition coefficient (Wildman–Crippen LogP) is 6.27. The van der Waals surface area contributed by atoms with Crippen molar-refractivity contribution in [3.8, 4) is 5.75 Å². The van der Waals surface area contributed by atoms with Crippen LogP contribution in [-0.4, -0.2) is 24.6 Å². The molecule has 0 radical (unpaired) electrons. The highest BCUT2D eigenvalue weighted by atomic mass is 16.5. The third-order valence-electron chi connectivity index (χ3n) is 5.57. The lowest BCUT2D eigenvalue weighted by Gasteiger charge is -2.18. The predicted molar refractivity (Wildman–Crippen MR) is 124 cm³/mol. The van der Waals surface area contributed by atoms with E-state index in [0.29, 0.717) is 18.8 Å². The Kier molecular flexibility index (Phi) is 9.36. The monoisotopic (exact) mass is 436 g/mol. The Hall–Kier alpha value is -3.08. The first-order valence-corrected chi connectivity index (χ1v) is 11.5. The molecule has 0 saturated heterocycles. The van der Waals surface area contributed by atoms with E-state index in [1.54, 1.807) is 24.3 Å². The topological polar surface area (TPSA) is 61.8 Å². The lowest BCUT2D eigenvalue weighted by Crippen LogP contribution is -2.20. The SMILES string of the molecule is C=CC1CCCCCCCCCOC(=O)c2cccc(OCc3ccccc3)c2C(=O)O1. The lowest BCUT2D eigenvalue weighted by atomic mass is 10.0. The molecule has 2 aromatic carbocycles. The molecule has 170 valence electrons. The fraction of sp³-hybridized carbons (Fsp3) is 0.407. The van der Waals surface area contributed by atoms with Crippen molar-refractivity contribution in [2.75, 3.05) is 6.61 Å². The van der Waals surface area contributed by atoms with Crippen LogP contribution in [0.15, 0.2) is 61.2 Å². The molecule has 1 heterocycles. The van der Waals surface area contributed by atoms with E-state index in [1.165, 1.54) is 0 Å². The van der Waals surface area contributed by atoms with E-state index in [0.717, 1.165) is 50.5 Å². The molecule has 32 heavy (non-hydrogen) atoms. The molecule has 5 nitrogen and oxygen atoms in total. The summed E-state index contributed by atoms with van der Waals surface area (Å²) >= 11 is 0. The minimum absolute atomic E-state index is 0.104. The van der Waals surface area contributed by atoms with Crippen LogP contribution in [0.4, 0.5) is 0 Å². The smallest absolute Gasteiger partial charge is 0.343 e. The van der Waals surface area contributed by atoms with Crippen molar-refractivity contribution < 1.29 is 23.8 Å². The van der Waals surface area contributed by atoms with E-state index in [9.17, 15) is 9.59 Å². The van der Waals surface area contributed by atoms with Crippen LogP contribution in [-0.2, 0) is 16.1 Å². The molecule has 3 rings (SSSR count). The maximum atomic E-state index is 13.2. The van der Waals surface area contributed by atoms with Gasteiger partial charge in [-0.15, -0.1) is 0 Å². The van der Waals surface area contributed by atoms with Crippen molar-refractivity contribution in [1.82, 2.24) is 0 Å². The maximum absolute atomic E-state index is 13.2. The normalized spacial score (nSPS) is 18.7. The molecule has 1 atom stereocenters. The van der Waals surface area contributed by atoms with Crippen molar-refractivity contribution >= 4 is 11.9 Å². The highest BCUT2D eigenvalue weighted by Crippen LogP contribution is 2.27. The third-order valence-corrected chi connectivity index (χ3v) is 5.57. The van der Waals surface area contributed by atoms with E-state index in [1.807, 2.05) is 30.3 Å². The molecule has 0 amide bonds. The fourth-order valence-corrected chi connectivity index (χ4v) is 3.76. The van der Waals surface area contributed by atoms with Gasteiger partial charge in [0.2, 0.25) is 0 Å². The first-order valence-electron chi connectivity index (χ1n) is 11.5. The molecule has 0 spiro atoms. The quantitative estimate of drug-likeness (QED) is 0.418.